The minimum absolute atomic E-state index is 0.147. The lowest BCUT2D eigenvalue weighted by molar-refractivity contribution is -0.224. The summed E-state index contributed by atoms with van der Waals surface area (Å²) in [4.78, 5) is 68.1. The summed E-state index contributed by atoms with van der Waals surface area (Å²) in [5, 5.41) is 8.67. The Hall–Kier alpha value is -4.10. The first-order valence-corrected chi connectivity index (χ1v) is 15.2. The Morgan fingerprint density at radius 1 is 1.04 bits per heavy atom. The number of rotatable bonds is 13. The van der Waals surface area contributed by atoms with Gasteiger partial charge in [0.15, 0.2) is 17.8 Å². The number of alkyl halides is 3. The Balaban J connectivity index is 1.83. The summed E-state index contributed by atoms with van der Waals surface area (Å²) in [6.07, 6.45) is -3.91. The molecule has 1 fully saturated rings. The smallest absolute Gasteiger partial charge is 0.404 e. The van der Waals surface area contributed by atoms with Gasteiger partial charge in [-0.2, -0.15) is 13.2 Å². The van der Waals surface area contributed by atoms with Crippen LogP contribution < -0.4 is 20.7 Å². The van der Waals surface area contributed by atoms with Crippen LogP contribution in [0, 0.1) is 16.7 Å². The molecule has 254 valence electrons. The number of ketones is 1. The number of piperidine rings is 1. The molecule has 1 aliphatic heterocycles. The number of fused-ring (bicyclic) bond motifs is 1. The van der Waals surface area contributed by atoms with Gasteiger partial charge < -0.3 is 30.4 Å². The van der Waals surface area contributed by atoms with Gasteiger partial charge in [-0.3, -0.25) is 24.0 Å². The molecule has 0 spiro atoms. The third-order valence-electron chi connectivity index (χ3n) is 7.80. The second-order valence-electron chi connectivity index (χ2n) is 13.2. The molecule has 1 aromatic heterocycles. The molecular weight excluding hydrogens is 609 g/mol. The van der Waals surface area contributed by atoms with Crippen molar-refractivity contribution in [3.63, 3.8) is 0 Å². The van der Waals surface area contributed by atoms with Crippen molar-refractivity contribution in [2.24, 2.45) is 16.7 Å². The van der Waals surface area contributed by atoms with E-state index in [9.17, 15) is 37.1 Å². The molecule has 0 radical (unpaired) electrons. The molecule has 1 aliphatic rings. The molecule has 1 aromatic carbocycles. The fourth-order valence-corrected chi connectivity index (χ4v) is 5.01. The second-order valence-corrected chi connectivity index (χ2v) is 13.2. The van der Waals surface area contributed by atoms with Crippen molar-refractivity contribution in [2.45, 2.75) is 85.5 Å². The van der Waals surface area contributed by atoms with Gasteiger partial charge in [-0.1, -0.05) is 26.8 Å². The van der Waals surface area contributed by atoms with E-state index in [0.717, 1.165) is 0 Å². The third kappa shape index (κ3) is 9.23. The standard InChI is InChI=1S/C32H43F3N4O7/c1-7-45-25-12-8-11-20-19(25)15-22(37-20)27(42)39-23(16-30(2,3)4)28(43)38-21(14-18-10-9-13-36-26(18)41)24(40)17-46-29(44)31(5,6)32(33,34)35/h8,11-12,15,18,21,23,37H,7,9-10,13-14,16-17H2,1-6H3,(H,36,41)(H,38,43)(H,39,42)/t18-,21-,23-/m0/s1. The summed E-state index contributed by atoms with van der Waals surface area (Å²) in [5.41, 5.74) is -2.53. The maximum atomic E-state index is 13.7. The highest BCUT2D eigenvalue weighted by molar-refractivity contribution is 6.02. The molecule has 4 N–H and O–H groups in total. The lowest BCUT2D eigenvalue weighted by atomic mass is 9.87. The quantitative estimate of drug-likeness (QED) is 0.236. The fraction of sp³-hybridized carbons (Fsp3) is 0.594. The van der Waals surface area contributed by atoms with E-state index >= 15 is 0 Å². The number of aromatic amines is 1. The van der Waals surface area contributed by atoms with Gasteiger partial charge in [-0.15, -0.1) is 0 Å². The molecule has 0 bridgehead atoms. The Labute approximate surface area is 265 Å². The minimum Gasteiger partial charge on any atom is -0.493 e. The Kier molecular flexibility index (Phi) is 11.5. The van der Waals surface area contributed by atoms with E-state index in [1.165, 1.54) is 0 Å². The van der Waals surface area contributed by atoms with Crippen LogP contribution in [-0.2, 0) is 23.9 Å². The first-order valence-electron chi connectivity index (χ1n) is 15.2. The van der Waals surface area contributed by atoms with Crippen molar-refractivity contribution < 1.29 is 46.6 Å². The van der Waals surface area contributed by atoms with E-state index in [4.69, 9.17) is 9.47 Å². The number of H-pyrrole nitrogens is 1. The average molecular weight is 653 g/mol. The lowest BCUT2D eigenvalue weighted by Gasteiger charge is -2.30. The van der Waals surface area contributed by atoms with E-state index in [0.29, 0.717) is 56.5 Å². The van der Waals surface area contributed by atoms with Gasteiger partial charge in [-0.05, 0) is 70.1 Å². The predicted octanol–water partition coefficient (Wildman–Crippen LogP) is 4.20. The highest BCUT2D eigenvalue weighted by Crippen LogP contribution is 2.38. The van der Waals surface area contributed by atoms with Crippen LogP contribution in [0.5, 0.6) is 5.75 Å². The first-order chi connectivity index (χ1) is 21.3. The Morgan fingerprint density at radius 3 is 2.35 bits per heavy atom. The zero-order chi connectivity index (χ0) is 34.4. The van der Waals surface area contributed by atoms with Gasteiger partial charge >= 0.3 is 12.1 Å². The highest BCUT2D eigenvalue weighted by Gasteiger charge is 2.54. The normalized spacial score (nSPS) is 17.1. The number of hydrogen-bond donors (Lipinski definition) is 4. The maximum Gasteiger partial charge on any atom is 0.404 e. The van der Waals surface area contributed by atoms with Crippen molar-refractivity contribution in [2.75, 3.05) is 19.8 Å². The van der Waals surface area contributed by atoms with Crippen LogP contribution in [0.1, 0.15) is 77.7 Å². The topological polar surface area (TPSA) is 156 Å². The fourth-order valence-electron chi connectivity index (χ4n) is 5.01. The van der Waals surface area contributed by atoms with Crippen molar-refractivity contribution in [3.8, 4) is 5.75 Å². The summed E-state index contributed by atoms with van der Waals surface area (Å²) >= 11 is 0. The van der Waals surface area contributed by atoms with E-state index in [1.54, 1.807) is 24.3 Å². The molecule has 3 amide bonds. The number of halogens is 3. The van der Waals surface area contributed by atoms with Crippen LogP contribution in [0.25, 0.3) is 10.9 Å². The molecule has 0 aliphatic carbocycles. The van der Waals surface area contributed by atoms with Crippen molar-refractivity contribution in [1.82, 2.24) is 20.9 Å². The van der Waals surface area contributed by atoms with Gasteiger partial charge in [0.25, 0.3) is 5.91 Å². The van der Waals surface area contributed by atoms with E-state index in [2.05, 4.69) is 20.9 Å². The average Bonchev–Trinajstić information content (AvgIpc) is 3.40. The minimum atomic E-state index is -4.92. The summed E-state index contributed by atoms with van der Waals surface area (Å²) in [6, 6.07) is 4.38. The number of aromatic nitrogens is 1. The molecule has 2 aromatic rings. The number of hydrogen-bond acceptors (Lipinski definition) is 7. The summed E-state index contributed by atoms with van der Waals surface area (Å²) in [7, 11) is 0. The summed E-state index contributed by atoms with van der Waals surface area (Å²) in [5.74, 6) is -4.32. The van der Waals surface area contributed by atoms with Gasteiger partial charge in [0, 0.05) is 23.4 Å². The number of benzene rings is 1. The predicted molar refractivity (Wildman–Crippen MR) is 163 cm³/mol. The molecule has 14 heteroatoms. The number of nitrogens with one attached hydrogen (secondary N) is 4. The highest BCUT2D eigenvalue weighted by atomic mass is 19.4. The molecule has 46 heavy (non-hydrogen) atoms. The SMILES string of the molecule is CCOc1cccc2[nH]c(C(=O)N[C@@H](CC(C)(C)C)C(=O)N[C@@H](C[C@@H]3CCCNC3=O)C(=O)COC(=O)C(C)(C)C(F)(F)F)cc12. The number of ether oxygens (including phenoxy) is 2. The Morgan fingerprint density at radius 2 is 1.74 bits per heavy atom. The van der Waals surface area contributed by atoms with Crippen molar-refractivity contribution in [3.05, 3.63) is 30.0 Å². The largest absolute Gasteiger partial charge is 0.493 e. The number of carbonyl (C=O) groups excluding carboxylic acids is 5. The second kappa shape index (κ2) is 14.5. The molecule has 0 saturated carbocycles. The van der Waals surface area contributed by atoms with Crippen LogP contribution >= 0.6 is 0 Å². The van der Waals surface area contributed by atoms with Gasteiger partial charge in [0.2, 0.25) is 11.8 Å². The van der Waals surface area contributed by atoms with Crippen LogP contribution in [0.3, 0.4) is 0 Å². The first kappa shape index (κ1) is 36.4. The van der Waals surface area contributed by atoms with Crippen LogP contribution in [0.2, 0.25) is 0 Å². The van der Waals surface area contributed by atoms with Gasteiger partial charge in [-0.25, -0.2) is 0 Å². The monoisotopic (exact) mass is 652 g/mol. The zero-order valence-electron chi connectivity index (χ0n) is 27.0. The molecule has 0 unspecified atom stereocenters. The zero-order valence-corrected chi connectivity index (χ0v) is 27.0. The lowest BCUT2D eigenvalue weighted by Crippen LogP contribution is -2.54. The van der Waals surface area contributed by atoms with Crippen molar-refractivity contribution in [1.29, 1.82) is 0 Å². The molecule has 3 atom stereocenters. The number of amides is 3. The van der Waals surface area contributed by atoms with Crippen molar-refractivity contribution >= 4 is 40.4 Å². The molecule has 1 saturated heterocycles. The molecular formula is C32H43F3N4O7. The van der Waals surface area contributed by atoms with E-state index in [-0.39, 0.29) is 24.4 Å². The Bertz CT molecular complexity index is 1450. The van der Waals surface area contributed by atoms with Gasteiger partial charge in [0.1, 0.15) is 17.5 Å². The van der Waals surface area contributed by atoms with Crippen LogP contribution in [-0.4, -0.2) is 72.5 Å². The maximum absolute atomic E-state index is 13.7. The molecule has 2 heterocycles. The summed E-state index contributed by atoms with van der Waals surface area (Å²) in [6.45, 7) is 8.48. The third-order valence-corrected chi connectivity index (χ3v) is 7.80. The summed E-state index contributed by atoms with van der Waals surface area (Å²) < 4.78 is 50.4. The number of esters is 1. The molecule has 11 nitrogen and oxygen atoms in total. The van der Waals surface area contributed by atoms with E-state index < -0.39 is 65.2 Å². The van der Waals surface area contributed by atoms with Gasteiger partial charge in [0.05, 0.1) is 12.6 Å². The van der Waals surface area contributed by atoms with Crippen LogP contribution in [0.4, 0.5) is 13.2 Å². The molecule has 3 rings (SSSR count). The van der Waals surface area contributed by atoms with Crippen LogP contribution in [0.15, 0.2) is 24.3 Å². The number of Topliss-reactive ketones (excluding diaryl/α,β-unsaturated/α-hetero) is 1. The van der Waals surface area contributed by atoms with E-state index in [1.807, 2.05) is 27.7 Å². The number of carbonyl (C=O) groups is 5.